The van der Waals surface area contributed by atoms with E-state index in [-0.39, 0.29) is 0 Å². The van der Waals surface area contributed by atoms with Crippen LogP contribution in [0.3, 0.4) is 0 Å². The van der Waals surface area contributed by atoms with Crippen molar-refractivity contribution in [1.29, 1.82) is 0 Å². The van der Waals surface area contributed by atoms with Gasteiger partial charge in [-0.15, -0.1) is 0 Å². The first kappa shape index (κ1) is 26.1. The van der Waals surface area contributed by atoms with Crippen molar-refractivity contribution in [2.75, 3.05) is 0 Å². The van der Waals surface area contributed by atoms with Crippen LogP contribution in [0.2, 0.25) is 0 Å². The Morgan fingerprint density at radius 1 is 0.353 bits per heavy atom. The molecule has 0 aromatic rings. The SMILES string of the molecule is CC1(C)C(=O)N(B(N2C(=O)C(C)(C)C(C)(C)C2=O)N2C(=O)C(C)(C)C(C)(C)C2=O)C(=O)C1(C)C. The topological polar surface area (TPSA) is 112 Å². The first-order valence-electron chi connectivity index (χ1n) is 11.6. The lowest BCUT2D eigenvalue weighted by Gasteiger charge is -2.35. The Balaban J connectivity index is 2.35. The maximum Gasteiger partial charge on any atom is 0.532 e. The standard InChI is InChI=1S/C24H36BN3O6/c1-19(2)13(29)26(14(30)20(19,3)4)25(27-15(31)21(5,6)22(7,8)16(27)32)28-17(33)23(9,10)24(11,12)18(28)34/h1-12H3. The minimum absolute atomic E-state index is 0.654. The maximum atomic E-state index is 13.7. The van der Waals surface area contributed by atoms with Crippen molar-refractivity contribution in [1.82, 2.24) is 14.4 Å². The molecule has 0 saturated carbocycles. The molecule has 3 saturated heterocycles. The largest absolute Gasteiger partial charge is 0.532 e. The molecule has 186 valence electrons. The predicted octanol–water partition coefficient (Wildman–Crippen LogP) is 2.23. The number of hydrogen-bond donors (Lipinski definition) is 0. The summed E-state index contributed by atoms with van der Waals surface area (Å²) < 4.78 is 0. The smallest absolute Gasteiger partial charge is 0.284 e. The van der Waals surface area contributed by atoms with Crippen molar-refractivity contribution < 1.29 is 28.8 Å². The summed E-state index contributed by atoms with van der Waals surface area (Å²) in [6.07, 6.45) is 0. The van der Waals surface area contributed by atoms with Crippen molar-refractivity contribution >= 4 is 42.6 Å². The van der Waals surface area contributed by atoms with Gasteiger partial charge in [0.1, 0.15) is 0 Å². The van der Waals surface area contributed by atoms with Crippen LogP contribution in [0.15, 0.2) is 0 Å². The number of amides is 6. The van der Waals surface area contributed by atoms with Gasteiger partial charge in [-0.05, 0) is 0 Å². The quantitative estimate of drug-likeness (QED) is 0.459. The molecule has 3 aliphatic rings. The fraction of sp³-hybridized carbons (Fsp3) is 0.750. The minimum atomic E-state index is -1.80. The average molecular weight is 473 g/mol. The zero-order valence-electron chi connectivity index (χ0n) is 22.4. The Kier molecular flexibility index (Phi) is 5.05. The third-order valence-corrected chi connectivity index (χ3v) is 9.90. The molecule has 0 aromatic heterocycles. The molecule has 9 nitrogen and oxygen atoms in total. The van der Waals surface area contributed by atoms with E-state index < -0.39 is 75.1 Å². The Morgan fingerprint density at radius 3 is 0.588 bits per heavy atom. The summed E-state index contributed by atoms with van der Waals surface area (Å²) in [6.45, 7) is 19.3. The van der Waals surface area contributed by atoms with E-state index in [9.17, 15) is 28.8 Å². The normalized spacial score (nSPS) is 28.4. The van der Waals surface area contributed by atoms with Crippen LogP contribution in [0, 0.1) is 32.5 Å². The molecule has 3 aliphatic heterocycles. The van der Waals surface area contributed by atoms with Gasteiger partial charge in [0.2, 0.25) is 35.4 Å². The van der Waals surface area contributed by atoms with E-state index in [2.05, 4.69) is 0 Å². The molecule has 3 rings (SSSR count). The van der Waals surface area contributed by atoms with Gasteiger partial charge in [-0.3, -0.25) is 43.2 Å². The third-order valence-electron chi connectivity index (χ3n) is 9.90. The molecule has 34 heavy (non-hydrogen) atoms. The molecule has 6 amide bonds. The van der Waals surface area contributed by atoms with E-state index in [0.717, 1.165) is 14.4 Å². The Hall–Kier alpha value is -2.52. The van der Waals surface area contributed by atoms with Crippen LogP contribution in [0.1, 0.15) is 83.1 Å². The average Bonchev–Trinajstić information content (AvgIpc) is 2.96. The lowest BCUT2D eigenvalue weighted by atomic mass is 9.70. The van der Waals surface area contributed by atoms with Gasteiger partial charge in [0, 0.05) is 0 Å². The molecule has 0 N–H and O–H groups in total. The zero-order valence-corrected chi connectivity index (χ0v) is 22.4. The Morgan fingerprint density at radius 2 is 0.471 bits per heavy atom. The van der Waals surface area contributed by atoms with Crippen molar-refractivity contribution in [3.63, 3.8) is 0 Å². The minimum Gasteiger partial charge on any atom is -0.284 e. The number of nitrogens with zero attached hydrogens (tertiary/aromatic N) is 3. The summed E-state index contributed by atoms with van der Waals surface area (Å²) in [5.74, 6) is -3.92. The van der Waals surface area contributed by atoms with E-state index in [4.69, 9.17) is 0 Å². The Bertz CT molecular complexity index is 857. The van der Waals surface area contributed by atoms with Gasteiger partial charge in [-0.2, -0.15) is 0 Å². The van der Waals surface area contributed by atoms with Crippen LogP contribution in [0.5, 0.6) is 0 Å². The number of carbonyl (C=O) groups is 6. The van der Waals surface area contributed by atoms with Crippen LogP contribution >= 0.6 is 0 Å². The number of hydrogen-bond acceptors (Lipinski definition) is 6. The summed E-state index contributed by atoms with van der Waals surface area (Å²) in [6, 6.07) is 0. The van der Waals surface area contributed by atoms with Gasteiger partial charge < -0.3 is 0 Å². The van der Waals surface area contributed by atoms with Crippen molar-refractivity contribution in [3.05, 3.63) is 0 Å². The molecule has 0 spiro atoms. The molecule has 0 bridgehead atoms. The third kappa shape index (κ3) is 2.57. The van der Waals surface area contributed by atoms with E-state index in [1.165, 1.54) is 0 Å². The van der Waals surface area contributed by atoms with Crippen LogP contribution in [-0.2, 0) is 28.8 Å². The Labute approximate surface area is 201 Å². The molecule has 3 heterocycles. The highest BCUT2D eigenvalue weighted by Crippen LogP contribution is 2.54. The van der Waals surface area contributed by atoms with Crippen LogP contribution in [-0.4, -0.2) is 57.0 Å². The first-order chi connectivity index (χ1) is 14.9. The highest BCUT2D eigenvalue weighted by atomic mass is 16.2. The van der Waals surface area contributed by atoms with Crippen molar-refractivity contribution in [2.24, 2.45) is 32.5 Å². The second-order valence-electron chi connectivity index (χ2n) is 13.0. The van der Waals surface area contributed by atoms with Gasteiger partial charge in [0.15, 0.2) is 0 Å². The van der Waals surface area contributed by atoms with E-state index in [0.29, 0.717) is 0 Å². The summed E-state index contributed by atoms with van der Waals surface area (Å²) >= 11 is 0. The van der Waals surface area contributed by atoms with Crippen molar-refractivity contribution in [2.45, 2.75) is 83.1 Å². The van der Waals surface area contributed by atoms with Crippen LogP contribution in [0.25, 0.3) is 0 Å². The fourth-order valence-corrected chi connectivity index (χ4v) is 4.66. The van der Waals surface area contributed by atoms with Crippen LogP contribution in [0.4, 0.5) is 0 Å². The van der Waals surface area contributed by atoms with Gasteiger partial charge in [0.05, 0.1) is 32.5 Å². The van der Waals surface area contributed by atoms with E-state index in [1.54, 1.807) is 83.1 Å². The molecular formula is C24H36BN3O6. The molecule has 0 radical (unpaired) electrons. The highest BCUT2D eigenvalue weighted by Gasteiger charge is 2.73. The van der Waals surface area contributed by atoms with Gasteiger partial charge in [0.25, 0.3) is 0 Å². The molecule has 0 unspecified atom stereocenters. The summed E-state index contributed by atoms with van der Waals surface area (Å²) in [5.41, 5.74) is -7.19. The maximum absolute atomic E-state index is 13.7. The number of rotatable bonds is 3. The van der Waals surface area contributed by atoms with E-state index in [1.807, 2.05) is 0 Å². The second kappa shape index (κ2) is 6.58. The molecule has 10 heteroatoms. The molecule has 0 aliphatic carbocycles. The highest BCUT2D eigenvalue weighted by molar-refractivity contribution is 6.69. The van der Waals surface area contributed by atoms with Gasteiger partial charge in [-0.1, -0.05) is 83.1 Å². The number of carbonyl (C=O) groups excluding carboxylic acids is 6. The molecule has 3 fully saturated rings. The second-order valence-corrected chi connectivity index (χ2v) is 13.0. The lowest BCUT2D eigenvalue weighted by Crippen LogP contribution is -2.68. The van der Waals surface area contributed by atoms with Gasteiger partial charge in [-0.25, -0.2) is 0 Å². The van der Waals surface area contributed by atoms with Gasteiger partial charge >= 0.3 is 7.12 Å². The summed E-state index contributed by atoms with van der Waals surface area (Å²) in [7, 11) is -1.80. The number of imide groups is 3. The van der Waals surface area contributed by atoms with Crippen LogP contribution < -0.4 is 0 Å². The lowest BCUT2D eigenvalue weighted by molar-refractivity contribution is -0.141. The monoisotopic (exact) mass is 473 g/mol. The summed E-state index contributed by atoms with van der Waals surface area (Å²) in [5, 5.41) is 0. The van der Waals surface area contributed by atoms with Crippen molar-refractivity contribution in [3.8, 4) is 0 Å². The molecule has 0 atom stereocenters. The molecular weight excluding hydrogens is 437 g/mol. The fourth-order valence-electron chi connectivity index (χ4n) is 4.66. The first-order valence-corrected chi connectivity index (χ1v) is 11.6. The molecule has 0 aromatic carbocycles. The summed E-state index contributed by atoms with van der Waals surface area (Å²) in [4.78, 5) is 84.5. The zero-order chi connectivity index (χ0) is 26.8. The predicted molar refractivity (Wildman–Crippen MR) is 124 cm³/mol. The van der Waals surface area contributed by atoms with E-state index >= 15 is 0 Å².